The van der Waals surface area contributed by atoms with E-state index in [0.29, 0.717) is 12.0 Å². The molecule has 76 valence electrons. The number of nitrogens with two attached hydrogens (primary N) is 1. The standard InChI is InChI=1S/C9H13N3OS/c10-6-3-7(4-6)13-9-11-8(12-14-9)5-1-2-5/h5-7H,1-4,10H2. The second-order valence-electron chi connectivity index (χ2n) is 4.16. The normalized spacial score (nSPS) is 31.2. The monoisotopic (exact) mass is 211 g/mol. The van der Waals surface area contributed by atoms with Crippen molar-refractivity contribution in [3.05, 3.63) is 5.82 Å². The third-order valence-corrected chi connectivity index (χ3v) is 3.39. The van der Waals surface area contributed by atoms with Crippen LogP contribution in [0.4, 0.5) is 0 Å². The highest BCUT2D eigenvalue weighted by Gasteiger charge is 2.31. The van der Waals surface area contributed by atoms with Crippen LogP contribution < -0.4 is 10.5 Å². The zero-order valence-electron chi connectivity index (χ0n) is 7.85. The van der Waals surface area contributed by atoms with Gasteiger partial charge in [-0.1, -0.05) is 0 Å². The summed E-state index contributed by atoms with van der Waals surface area (Å²) in [4.78, 5) is 4.36. The Kier molecular flexibility index (Phi) is 1.95. The second-order valence-corrected chi connectivity index (χ2v) is 4.88. The molecule has 2 saturated carbocycles. The lowest BCUT2D eigenvalue weighted by molar-refractivity contribution is 0.100. The number of hydrogen-bond acceptors (Lipinski definition) is 5. The highest BCUT2D eigenvalue weighted by Crippen LogP contribution is 2.40. The maximum Gasteiger partial charge on any atom is 0.293 e. The Balaban J connectivity index is 1.60. The van der Waals surface area contributed by atoms with Gasteiger partial charge in [0, 0.05) is 23.5 Å². The summed E-state index contributed by atoms with van der Waals surface area (Å²) < 4.78 is 9.93. The van der Waals surface area contributed by atoms with Crippen molar-refractivity contribution in [2.24, 2.45) is 5.73 Å². The first-order chi connectivity index (χ1) is 6.81. The van der Waals surface area contributed by atoms with Crippen molar-refractivity contribution in [2.75, 3.05) is 0 Å². The van der Waals surface area contributed by atoms with Gasteiger partial charge in [-0.05, 0) is 25.7 Å². The van der Waals surface area contributed by atoms with Gasteiger partial charge in [0.15, 0.2) is 0 Å². The fourth-order valence-electron chi connectivity index (χ4n) is 1.62. The summed E-state index contributed by atoms with van der Waals surface area (Å²) in [5.41, 5.74) is 5.67. The molecule has 2 fully saturated rings. The lowest BCUT2D eigenvalue weighted by Crippen LogP contribution is -2.43. The molecule has 0 radical (unpaired) electrons. The summed E-state index contributed by atoms with van der Waals surface area (Å²) in [5.74, 6) is 1.60. The molecular weight excluding hydrogens is 198 g/mol. The van der Waals surface area contributed by atoms with E-state index < -0.39 is 0 Å². The number of aromatic nitrogens is 2. The summed E-state index contributed by atoms with van der Waals surface area (Å²) in [7, 11) is 0. The molecule has 4 nitrogen and oxygen atoms in total. The molecule has 0 atom stereocenters. The lowest BCUT2D eigenvalue weighted by Gasteiger charge is -2.31. The molecule has 0 bridgehead atoms. The Hall–Kier alpha value is -0.680. The molecule has 0 spiro atoms. The van der Waals surface area contributed by atoms with E-state index >= 15 is 0 Å². The van der Waals surface area contributed by atoms with E-state index in [9.17, 15) is 0 Å². The first-order valence-electron chi connectivity index (χ1n) is 5.07. The van der Waals surface area contributed by atoms with E-state index in [1.807, 2.05) is 0 Å². The smallest absolute Gasteiger partial charge is 0.293 e. The third-order valence-electron chi connectivity index (χ3n) is 2.76. The summed E-state index contributed by atoms with van der Waals surface area (Å²) in [6.45, 7) is 0. The molecular formula is C9H13N3OS. The van der Waals surface area contributed by atoms with Gasteiger partial charge in [-0.25, -0.2) is 0 Å². The van der Waals surface area contributed by atoms with Crippen molar-refractivity contribution in [1.82, 2.24) is 9.36 Å². The van der Waals surface area contributed by atoms with Crippen LogP contribution in [0.1, 0.15) is 37.4 Å². The van der Waals surface area contributed by atoms with Gasteiger partial charge in [0.25, 0.3) is 5.19 Å². The zero-order valence-corrected chi connectivity index (χ0v) is 8.67. The highest BCUT2D eigenvalue weighted by molar-refractivity contribution is 7.07. The molecule has 0 unspecified atom stereocenters. The molecule has 2 N–H and O–H groups in total. The van der Waals surface area contributed by atoms with Crippen molar-refractivity contribution in [3.63, 3.8) is 0 Å². The average Bonchev–Trinajstić information content (AvgIpc) is 2.86. The van der Waals surface area contributed by atoms with E-state index in [4.69, 9.17) is 10.5 Å². The topological polar surface area (TPSA) is 61.0 Å². The molecule has 1 aromatic rings. The van der Waals surface area contributed by atoms with Gasteiger partial charge < -0.3 is 10.5 Å². The van der Waals surface area contributed by atoms with Crippen molar-refractivity contribution in [2.45, 2.75) is 43.7 Å². The first kappa shape index (κ1) is 8.61. The van der Waals surface area contributed by atoms with Crippen LogP contribution in [0.15, 0.2) is 0 Å². The second kappa shape index (κ2) is 3.17. The van der Waals surface area contributed by atoms with E-state index in [0.717, 1.165) is 23.9 Å². The number of hydrogen-bond donors (Lipinski definition) is 1. The molecule has 5 heteroatoms. The maximum absolute atomic E-state index is 5.67. The van der Waals surface area contributed by atoms with Gasteiger partial charge in [-0.2, -0.15) is 9.36 Å². The van der Waals surface area contributed by atoms with Crippen LogP contribution in [-0.2, 0) is 0 Å². The van der Waals surface area contributed by atoms with Gasteiger partial charge in [0.05, 0.1) is 0 Å². The van der Waals surface area contributed by atoms with Crippen LogP contribution in [0.25, 0.3) is 0 Å². The van der Waals surface area contributed by atoms with E-state index in [1.165, 1.54) is 24.4 Å². The van der Waals surface area contributed by atoms with E-state index in [2.05, 4.69) is 9.36 Å². The molecule has 0 saturated heterocycles. The van der Waals surface area contributed by atoms with E-state index in [1.54, 1.807) is 0 Å². The Morgan fingerprint density at radius 3 is 2.79 bits per heavy atom. The predicted octanol–water partition coefficient (Wildman–Crippen LogP) is 1.28. The molecule has 1 aromatic heterocycles. The van der Waals surface area contributed by atoms with E-state index in [-0.39, 0.29) is 6.10 Å². The number of ether oxygens (including phenoxy) is 1. The number of rotatable bonds is 3. The summed E-state index contributed by atoms with van der Waals surface area (Å²) in [5, 5.41) is 0.726. The van der Waals surface area contributed by atoms with Crippen molar-refractivity contribution in [3.8, 4) is 5.19 Å². The summed E-state index contributed by atoms with van der Waals surface area (Å²) >= 11 is 1.37. The van der Waals surface area contributed by atoms with Crippen LogP contribution in [0.2, 0.25) is 0 Å². The minimum Gasteiger partial charge on any atom is -0.466 e. The fraction of sp³-hybridized carbons (Fsp3) is 0.778. The minimum absolute atomic E-state index is 0.282. The van der Waals surface area contributed by atoms with Gasteiger partial charge in [0.1, 0.15) is 11.9 Å². The highest BCUT2D eigenvalue weighted by atomic mass is 32.1. The SMILES string of the molecule is NC1CC(Oc2nc(C3CC3)ns2)C1. The van der Waals surface area contributed by atoms with Crippen molar-refractivity contribution < 1.29 is 4.74 Å². The van der Waals surface area contributed by atoms with Gasteiger partial charge >= 0.3 is 0 Å². The quantitative estimate of drug-likeness (QED) is 0.818. The minimum atomic E-state index is 0.282. The Morgan fingerprint density at radius 2 is 2.14 bits per heavy atom. The zero-order chi connectivity index (χ0) is 9.54. The molecule has 1 heterocycles. The van der Waals surface area contributed by atoms with Crippen LogP contribution in [0, 0.1) is 0 Å². The molecule has 0 aliphatic heterocycles. The molecule has 0 aromatic carbocycles. The predicted molar refractivity (Wildman–Crippen MR) is 53.5 cm³/mol. The summed E-state index contributed by atoms with van der Waals surface area (Å²) in [6.07, 6.45) is 4.68. The molecule has 2 aliphatic carbocycles. The Labute approximate surface area is 86.6 Å². The molecule has 3 rings (SSSR count). The number of nitrogens with zero attached hydrogens (tertiary/aromatic N) is 2. The largest absolute Gasteiger partial charge is 0.466 e. The third kappa shape index (κ3) is 1.62. The molecule has 14 heavy (non-hydrogen) atoms. The Morgan fingerprint density at radius 1 is 1.36 bits per heavy atom. The summed E-state index contributed by atoms with van der Waals surface area (Å²) in [6, 6.07) is 0.329. The lowest BCUT2D eigenvalue weighted by atomic mass is 9.90. The van der Waals surface area contributed by atoms with Crippen LogP contribution in [0.3, 0.4) is 0 Å². The molecule has 0 amide bonds. The van der Waals surface area contributed by atoms with Crippen LogP contribution in [0.5, 0.6) is 5.19 Å². The van der Waals surface area contributed by atoms with Gasteiger partial charge in [0.2, 0.25) is 0 Å². The molecule has 2 aliphatic rings. The first-order valence-corrected chi connectivity index (χ1v) is 5.84. The Bertz CT molecular complexity index is 331. The van der Waals surface area contributed by atoms with Crippen LogP contribution >= 0.6 is 11.5 Å². The van der Waals surface area contributed by atoms with Crippen LogP contribution in [-0.4, -0.2) is 21.5 Å². The van der Waals surface area contributed by atoms with Gasteiger partial charge in [-0.3, -0.25) is 0 Å². The fourth-order valence-corrected chi connectivity index (χ4v) is 2.30. The van der Waals surface area contributed by atoms with Crippen molar-refractivity contribution in [1.29, 1.82) is 0 Å². The van der Waals surface area contributed by atoms with Crippen molar-refractivity contribution >= 4 is 11.5 Å². The maximum atomic E-state index is 5.67. The average molecular weight is 211 g/mol. The van der Waals surface area contributed by atoms with Gasteiger partial charge in [-0.15, -0.1) is 0 Å².